The second-order valence-electron chi connectivity index (χ2n) is 11.9. The predicted molar refractivity (Wildman–Crippen MR) is 160 cm³/mol. The summed E-state index contributed by atoms with van der Waals surface area (Å²) in [6, 6.07) is 14.2. The van der Waals surface area contributed by atoms with E-state index < -0.39 is 6.04 Å². The number of hydrogen-bond acceptors (Lipinski definition) is 5. The number of carbonyl (C=O) groups is 3. The number of rotatable bonds is 11. The zero-order chi connectivity index (χ0) is 28.0. The van der Waals surface area contributed by atoms with Gasteiger partial charge in [0, 0.05) is 42.8 Å². The molecule has 0 radical (unpaired) electrons. The Morgan fingerprint density at radius 1 is 1.02 bits per heavy atom. The molecule has 2 heterocycles. The number of piperidine rings is 1. The summed E-state index contributed by atoms with van der Waals surface area (Å²) in [5.74, 6) is 0.572. The molecule has 40 heavy (non-hydrogen) atoms. The van der Waals surface area contributed by atoms with Crippen LogP contribution < -0.4 is 5.32 Å². The van der Waals surface area contributed by atoms with Crippen LogP contribution in [0.3, 0.4) is 0 Å². The highest BCUT2D eigenvalue weighted by Gasteiger charge is 2.36. The SMILES string of the molecule is CNC(=O)CCC(C=O)N1Cc2c(SCc3ccc(CCN4CCC5(CCCCC5)CC4)cc3)cccc2C1=O. The Labute approximate surface area is 243 Å². The molecule has 1 aliphatic carbocycles. The third-order valence-electron chi connectivity index (χ3n) is 9.42. The summed E-state index contributed by atoms with van der Waals surface area (Å²) >= 11 is 1.74. The average molecular weight is 562 g/mol. The van der Waals surface area contributed by atoms with Gasteiger partial charge in [-0.25, -0.2) is 0 Å². The van der Waals surface area contributed by atoms with Crippen molar-refractivity contribution < 1.29 is 14.4 Å². The van der Waals surface area contributed by atoms with E-state index in [1.54, 1.807) is 23.7 Å². The first-order chi connectivity index (χ1) is 19.5. The molecule has 5 rings (SSSR count). The van der Waals surface area contributed by atoms with Crippen molar-refractivity contribution >= 4 is 29.9 Å². The first kappa shape index (κ1) is 28.9. The summed E-state index contributed by atoms with van der Waals surface area (Å²) in [5, 5.41) is 2.58. The highest BCUT2D eigenvalue weighted by Crippen LogP contribution is 2.44. The van der Waals surface area contributed by atoms with E-state index in [9.17, 15) is 14.4 Å². The maximum Gasteiger partial charge on any atom is 0.255 e. The van der Waals surface area contributed by atoms with Crippen LogP contribution in [0, 0.1) is 5.41 Å². The Hall–Kier alpha value is -2.64. The van der Waals surface area contributed by atoms with Crippen LogP contribution in [0.1, 0.15) is 84.8 Å². The fraction of sp³-hybridized carbons (Fsp3) is 0.545. The first-order valence-electron chi connectivity index (χ1n) is 15.0. The quantitative estimate of drug-likeness (QED) is 0.285. The lowest BCUT2D eigenvalue weighted by atomic mass is 9.68. The second kappa shape index (κ2) is 13.3. The number of fused-ring (bicyclic) bond motifs is 1. The number of hydrogen-bond donors (Lipinski definition) is 1. The van der Waals surface area contributed by atoms with E-state index in [-0.39, 0.29) is 18.2 Å². The third-order valence-corrected chi connectivity index (χ3v) is 10.6. The minimum Gasteiger partial charge on any atom is -0.359 e. The van der Waals surface area contributed by atoms with Crippen molar-refractivity contribution in [2.24, 2.45) is 5.41 Å². The van der Waals surface area contributed by atoms with Crippen molar-refractivity contribution in [2.75, 3.05) is 26.7 Å². The molecule has 2 aromatic carbocycles. The van der Waals surface area contributed by atoms with Gasteiger partial charge in [-0.05, 0) is 85.9 Å². The number of thioether (sulfide) groups is 1. The second-order valence-corrected chi connectivity index (χ2v) is 12.9. The molecule has 2 fully saturated rings. The molecule has 3 aliphatic rings. The molecule has 0 aromatic heterocycles. The lowest BCUT2D eigenvalue weighted by molar-refractivity contribution is -0.121. The molecule has 2 aromatic rings. The molecule has 1 spiro atoms. The molecule has 214 valence electrons. The summed E-state index contributed by atoms with van der Waals surface area (Å²) in [5.41, 5.74) is 4.98. The van der Waals surface area contributed by atoms with Gasteiger partial charge in [0.1, 0.15) is 6.29 Å². The van der Waals surface area contributed by atoms with Crippen LogP contribution >= 0.6 is 11.8 Å². The van der Waals surface area contributed by atoms with E-state index in [0.717, 1.165) is 35.5 Å². The molecule has 1 saturated carbocycles. The minimum absolute atomic E-state index is 0.126. The maximum atomic E-state index is 13.1. The van der Waals surface area contributed by atoms with Gasteiger partial charge in [-0.3, -0.25) is 9.59 Å². The molecule has 7 heteroatoms. The predicted octanol–water partition coefficient (Wildman–Crippen LogP) is 5.62. The molecule has 1 atom stereocenters. The molecule has 0 bridgehead atoms. The summed E-state index contributed by atoms with van der Waals surface area (Å²) in [7, 11) is 1.58. The third kappa shape index (κ3) is 6.80. The Balaban J connectivity index is 1.11. The maximum absolute atomic E-state index is 13.1. The zero-order valence-corrected chi connectivity index (χ0v) is 24.6. The number of aldehydes is 1. The Morgan fingerprint density at radius 3 is 2.45 bits per heavy atom. The van der Waals surface area contributed by atoms with E-state index in [2.05, 4.69) is 40.5 Å². The van der Waals surface area contributed by atoms with Crippen molar-refractivity contribution in [1.82, 2.24) is 15.1 Å². The molecule has 2 aliphatic heterocycles. The molecule has 1 N–H and O–H groups in total. The molecule has 6 nitrogen and oxygen atoms in total. The number of nitrogens with one attached hydrogen (secondary N) is 1. The number of likely N-dealkylation sites (tertiary alicyclic amines) is 1. The van der Waals surface area contributed by atoms with Crippen molar-refractivity contribution in [3.8, 4) is 0 Å². The highest BCUT2D eigenvalue weighted by atomic mass is 32.2. The van der Waals surface area contributed by atoms with Crippen LogP contribution in [-0.2, 0) is 28.3 Å². The van der Waals surface area contributed by atoms with E-state index >= 15 is 0 Å². The van der Waals surface area contributed by atoms with E-state index in [4.69, 9.17) is 0 Å². The van der Waals surface area contributed by atoms with E-state index in [0.29, 0.717) is 23.9 Å². The lowest BCUT2D eigenvalue weighted by Crippen LogP contribution is -2.41. The first-order valence-corrected chi connectivity index (χ1v) is 16.0. The summed E-state index contributed by atoms with van der Waals surface area (Å²) < 4.78 is 0. The van der Waals surface area contributed by atoms with Crippen LogP contribution in [0.15, 0.2) is 47.4 Å². The lowest BCUT2D eigenvalue weighted by Gasteiger charge is -2.44. The van der Waals surface area contributed by atoms with E-state index in [1.807, 2.05) is 12.1 Å². The topological polar surface area (TPSA) is 69.7 Å². The molecule has 2 amide bonds. The number of benzene rings is 2. The Morgan fingerprint density at radius 2 is 1.75 bits per heavy atom. The number of amides is 2. The smallest absolute Gasteiger partial charge is 0.255 e. The van der Waals surface area contributed by atoms with Crippen LogP contribution in [0.25, 0.3) is 0 Å². The van der Waals surface area contributed by atoms with Crippen LogP contribution in [0.5, 0.6) is 0 Å². The number of nitrogens with zero attached hydrogens (tertiary/aromatic N) is 2. The summed E-state index contributed by atoms with van der Waals surface area (Å²) in [4.78, 5) is 41.9. The van der Waals surface area contributed by atoms with E-state index in [1.165, 1.54) is 69.2 Å². The monoisotopic (exact) mass is 561 g/mol. The highest BCUT2D eigenvalue weighted by molar-refractivity contribution is 7.98. The van der Waals surface area contributed by atoms with Crippen molar-refractivity contribution in [3.63, 3.8) is 0 Å². The van der Waals surface area contributed by atoms with Crippen molar-refractivity contribution in [3.05, 3.63) is 64.7 Å². The Bertz CT molecular complexity index is 1180. The molecule has 1 saturated heterocycles. The van der Waals surface area contributed by atoms with Gasteiger partial charge in [0.15, 0.2) is 0 Å². The molecule has 1 unspecified atom stereocenters. The van der Waals surface area contributed by atoms with Crippen LogP contribution in [-0.4, -0.2) is 60.6 Å². The van der Waals surface area contributed by atoms with Crippen LogP contribution in [0.4, 0.5) is 0 Å². The van der Waals surface area contributed by atoms with Gasteiger partial charge in [0.25, 0.3) is 5.91 Å². The fourth-order valence-corrected chi connectivity index (χ4v) is 7.77. The summed E-state index contributed by atoms with van der Waals surface area (Å²) in [6.07, 6.45) is 12.5. The Kier molecular flexibility index (Phi) is 9.63. The average Bonchev–Trinajstić information content (AvgIpc) is 3.33. The number of carbonyl (C=O) groups excluding carboxylic acids is 3. The van der Waals surface area contributed by atoms with Crippen molar-refractivity contribution in [1.29, 1.82) is 0 Å². The van der Waals surface area contributed by atoms with Gasteiger partial charge in [0.2, 0.25) is 5.91 Å². The molecular weight excluding hydrogens is 518 g/mol. The van der Waals surface area contributed by atoms with Crippen LogP contribution in [0.2, 0.25) is 0 Å². The minimum atomic E-state index is -0.596. The van der Waals surface area contributed by atoms with Gasteiger partial charge < -0.3 is 19.9 Å². The summed E-state index contributed by atoms with van der Waals surface area (Å²) in [6.45, 7) is 4.08. The van der Waals surface area contributed by atoms with Gasteiger partial charge in [-0.2, -0.15) is 0 Å². The van der Waals surface area contributed by atoms with Gasteiger partial charge in [0.05, 0.1) is 6.04 Å². The van der Waals surface area contributed by atoms with Gasteiger partial charge >= 0.3 is 0 Å². The molecular formula is C33H43N3O3S. The van der Waals surface area contributed by atoms with Gasteiger partial charge in [-0.15, -0.1) is 11.8 Å². The van der Waals surface area contributed by atoms with Crippen molar-refractivity contribution in [2.45, 2.75) is 87.4 Å². The largest absolute Gasteiger partial charge is 0.359 e. The van der Waals surface area contributed by atoms with Gasteiger partial charge in [-0.1, -0.05) is 49.6 Å². The fourth-order valence-electron chi connectivity index (χ4n) is 6.73. The zero-order valence-electron chi connectivity index (χ0n) is 23.8. The standard InChI is InChI=1S/C33H43N3O3S/c1-34-31(38)13-12-27(23-37)36-22-29-28(32(36)39)6-5-7-30(29)40-24-26-10-8-25(9-11-26)14-19-35-20-17-33(18-21-35)15-3-2-4-16-33/h5-11,23,27H,2-4,12-22,24H2,1H3,(H,34,38). The normalized spacial score (nSPS) is 19.4.